The fraction of sp³-hybridized carbons (Fsp3) is 0.692. The summed E-state index contributed by atoms with van der Waals surface area (Å²) in [4.78, 5) is 1.47. The number of thiophene rings is 1. The summed E-state index contributed by atoms with van der Waals surface area (Å²) in [7, 11) is 0. The van der Waals surface area contributed by atoms with Gasteiger partial charge in [-0.05, 0) is 41.8 Å². The van der Waals surface area contributed by atoms with E-state index < -0.39 is 0 Å². The maximum Gasteiger partial charge on any atom is 0.0302 e. The molecule has 92 valence electrons. The molecule has 0 aliphatic rings. The van der Waals surface area contributed by atoms with Crippen molar-refractivity contribution >= 4 is 11.3 Å². The van der Waals surface area contributed by atoms with Crippen LogP contribution >= 0.6 is 11.3 Å². The minimum atomic E-state index is 0.240. The fourth-order valence-corrected chi connectivity index (χ4v) is 2.60. The SMILES string of the molecule is CCc1ccsc1CNCC(C)(CC)CN. The number of hydrogen-bond donors (Lipinski definition) is 2. The van der Waals surface area contributed by atoms with Gasteiger partial charge in [0.25, 0.3) is 0 Å². The Bertz CT molecular complexity index is 303. The van der Waals surface area contributed by atoms with Crippen molar-refractivity contribution in [3.8, 4) is 0 Å². The van der Waals surface area contributed by atoms with E-state index in [1.807, 2.05) is 11.3 Å². The Kier molecular flexibility index (Phi) is 5.46. The highest BCUT2D eigenvalue weighted by Crippen LogP contribution is 2.20. The standard InChI is InChI=1S/C13H24N2S/c1-4-11-6-7-16-12(11)8-15-10-13(3,5-2)9-14/h6-7,15H,4-5,8-10,14H2,1-3H3. The molecule has 3 N–H and O–H groups in total. The van der Waals surface area contributed by atoms with Gasteiger partial charge >= 0.3 is 0 Å². The summed E-state index contributed by atoms with van der Waals surface area (Å²) in [5.74, 6) is 0. The maximum absolute atomic E-state index is 5.80. The van der Waals surface area contributed by atoms with Crippen LogP contribution in [0.1, 0.15) is 37.6 Å². The molecule has 1 unspecified atom stereocenters. The van der Waals surface area contributed by atoms with Gasteiger partial charge < -0.3 is 11.1 Å². The first-order valence-corrected chi connectivity index (χ1v) is 6.99. The molecule has 0 aromatic carbocycles. The van der Waals surface area contributed by atoms with Crippen molar-refractivity contribution in [3.05, 3.63) is 21.9 Å². The van der Waals surface area contributed by atoms with E-state index in [0.29, 0.717) is 0 Å². The Labute approximate surface area is 103 Å². The average molecular weight is 240 g/mol. The van der Waals surface area contributed by atoms with Gasteiger partial charge in [-0.15, -0.1) is 11.3 Å². The molecular weight excluding hydrogens is 216 g/mol. The topological polar surface area (TPSA) is 38.0 Å². The van der Waals surface area contributed by atoms with E-state index in [9.17, 15) is 0 Å². The van der Waals surface area contributed by atoms with Gasteiger partial charge in [-0.2, -0.15) is 0 Å². The second kappa shape index (κ2) is 6.38. The molecule has 0 spiro atoms. The monoisotopic (exact) mass is 240 g/mol. The van der Waals surface area contributed by atoms with Crippen molar-refractivity contribution in [1.29, 1.82) is 0 Å². The number of rotatable bonds is 7. The third-order valence-corrected chi connectivity index (χ3v) is 4.37. The molecule has 0 saturated carbocycles. The van der Waals surface area contributed by atoms with E-state index in [2.05, 4.69) is 37.5 Å². The normalized spacial score (nSPS) is 15.0. The van der Waals surface area contributed by atoms with Crippen LogP contribution in [0.3, 0.4) is 0 Å². The van der Waals surface area contributed by atoms with Crippen LogP contribution in [-0.4, -0.2) is 13.1 Å². The summed E-state index contributed by atoms with van der Waals surface area (Å²) in [5.41, 5.74) is 7.51. The first-order chi connectivity index (χ1) is 7.65. The predicted octanol–water partition coefficient (Wildman–Crippen LogP) is 2.78. The van der Waals surface area contributed by atoms with Crippen LogP contribution in [-0.2, 0) is 13.0 Å². The van der Waals surface area contributed by atoms with Crippen molar-refractivity contribution in [2.45, 2.75) is 40.2 Å². The summed E-state index contributed by atoms with van der Waals surface area (Å²) in [6, 6.07) is 2.23. The smallest absolute Gasteiger partial charge is 0.0302 e. The van der Waals surface area contributed by atoms with E-state index in [4.69, 9.17) is 5.73 Å². The first kappa shape index (κ1) is 13.7. The highest BCUT2D eigenvalue weighted by Gasteiger charge is 2.19. The third-order valence-electron chi connectivity index (χ3n) is 3.40. The molecule has 3 heteroatoms. The lowest BCUT2D eigenvalue weighted by molar-refractivity contribution is 0.303. The van der Waals surface area contributed by atoms with Crippen LogP contribution in [0, 0.1) is 5.41 Å². The van der Waals surface area contributed by atoms with Gasteiger partial charge in [-0.1, -0.05) is 20.8 Å². The minimum absolute atomic E-state index is 0.240. The lowest BCUT2D eigenvalue weighted by Crippen LogP contribution is -2.37. The Balaban J connectivity index is 2.41. The fourth-order valence-electron chi connectivity index (χ4n) is 1.66. The van der Waals surface area contributed by atoms with Crippen LogP contribution in [0.5, 0.6) is 0 Å². The van der Waals surface area contributed by atoms with E-state index in [0.717, 1.165) is 32.5 Å². The molecule has 2 nitrogen and oxygen atoms in total. The van der Waals surface area contributed by atoms with Gasteiger partial charge in [-0.25, -0.2) is 0 Å². The molecule has 0 fully saturated rings. The van der Waals surface area contributed by atoms with E-state index in [1.54, 1.807) is 0 Å². The van der Waals surface area contributed by atoms with Crippen molar-refractivity contribution in [2.75, 3.05) is 13.1 Å². The molecule has 0 bridgehead atoms. The Morgan fingerprint density at radius 3 is 2.75 bits per heavy atom. The molecular formula is C13H24N2S. The zero-order valence-electron chi connectivity index (χ0n) is 10.7. The quantitative estimate of drug-likeness (QED) is 0.769. The second-order valence-electron chi connectivity index (χ2n) is 4.69. The number of nitrogens with one attached hydrogen (secondary N) is 1. The average Bonchev–Trinajstić information content (AvgIpc) is 2.76. The van der Waals surface area contributed by atoms with Gasteiger partial charge in [0.1, 0.15) is 0 Å². The molecule has 0 radical (unpaired) electrons. The van der Waals surface area contributed by atoms with Gasteiger partial charge in [0, 0.05) is 18.0 Å². The molecule has 1 heterocycles. The summed E-state index contributed by atoms with van der Waals surface area (Å²) >= 11 is 1.85. The molecule has 1 aromatic rings. The Hall–Kier alpha value is -0.380. The molecule has 1 rings (SSSR count). The summed E-state index contributed by atoms with van der Waals surface area (Å²) in [6.07, 6.45) is 2.25. The third kappa shape index (κ3) is 3.58. The first-order valence-electron chi connectivity index (χ1n) is 6.11. The molecule has 1 aromatic heterocycles. The summed E-state index contributed by atoms with van der Waals surface area (Å²) in [6.45, 7) is 9.40. The lowest BCUT2D eigenvalue weighted by Gasteiger charge is -2.26. The number of nitrogens with two attached hydrogens (primary N) is 1. The van der Waals surface area contributed by atoms with Gasteiger partial charge in [0.2, 0.25) is 0 Å². The molecule has 0 aliphatic heterocycles. The zero-order chi connectivity index (χ0) is 12.0. The van der Waals surface area contributed by atoms with Crippen LogP contribution < -0.4 is 11.1 Å². The molecule has 0 aliphatic carbocycles. The second-order valence-corrected chi connectivity index (χ2v) is 5.70. The van der Waals surface area contributed by atoms with Crippen LogP contribution in [0.2, 0.25) is 0 Å². The van der Waals surface area contributed by atoms with Crippen LogP contribution in [0.4, 0.5) is 0 Å². The minimum Gasteiger partial charge on any atom is -0.330 e. The summed E-state index contributed by atoms with van der Waals surface area (Å²) in [5, 5.41) is 5.71. The van der Waals surface area contributed by atoms with Crippen molar-refractivity contribution in [2.24, 2.45) is 11.1 Å². The van der Waals surface area contributed by atoms with Gasteiger partial charge in [0.15, 0.2) is 0 Å². The Morgan fingerprint density at radius 2 is 2.19 bits per heavy atom. The molecule has 0 amide bonds. The number of aryl methyl sites for hydroxylation is 1. The highest BCUT2D eigenvalue weighted by molar-refractivity contribution is 7.10. The lowest BCUT2D eigenvalue weighted by atomic mass is 9.88. The largest absolute Gasteiger partial charge is 0.330 e. The van der Waals surface area contributed by atoms with Crippen molar-refractivity contribution in [3.63, 3.8) is 0 Å². The number of hydrogen-bond acceptors (Lipinski definition) is 3. The van der Waals surface area contributed by atoms with Crippen molar-refractivity contribution < 1.29 is 0 Å². The van der Waals surface area contributed by atoms with Crippen LogP contribution in [0.25, 0.3) is 0 Å². The molecule has 0 saturated heterocycles. The predicted molar refractivity (Wildman–Crippen MR) is 72.9 cm³/mol. The van der Waals surface area contributed by atoms with Gasteiger partial charge in [0.05, 0.1) is 0 Å². The van der Waals surface area contributed by atoms with Crippen molar-refractivity contribution in [1.82, 2.24) is 5.32 Å². The van der Waals surface area contributed by atoms with Gasteiger partial charge in [-0.3, -0.25) is 0 Å². The van der Waals surface area contributed by atoms with E-state index in [-0.39, 0.29) is 5.41 Å². The van der Waals surface area contributed by atoms with Crippen LogP contribution in [0.15, 0.2) is 11.4 Å². The molecule has 16 heavy (non-hydrogen) atoms. The summed E-state index contributed by atoms with van der Waals surface area (Å²) < 4.78 is 0. The highest BCUT2D eigenvalue weighted by atomic mass is 32.1. The molecule has 1 atom stereocenters. The Morgan fingerprint density at radius 1 is 1.44 bits per heavy atom. The van der Waals surface area contributed by atoms with E-state index >= 15 is 0 Å². The van der Waals surface area contributed by atoms with E-state index in [1.165, 1.54) is 10.4 Å². The maximum atomic E-state index is 5.80. The zero-order valence-corrected chi connectivity index (χ0v) is 11.5.